The van der Waals surface area contributed by atoms with Gasteiger partial charge in [0.1, 0.15) is 5.75 Å². The van der Waals surface area contributed by atoms with Gasteiger partial charge in [-0.15, -0.1) is 0 Å². The van der Waals surface area contributed by atoms with Crippen LogP contribution in [0.5, 0.6) is 5.75 Å². The van der Waals surface area contributed by atoms with Gasteiger partial charge in [0.15, 0.2) is 6.61 Å². The zero-order valence-corrected chi connectivity index (χ0v) is 12.7. The standard InChI is InChI=1S/C15H19F3N2O3/c1-2-12(21)9-19-7-8-20(14(19)22)11-3-5-13(6-4-11)23-10-15(16,17)18/h3-6,12,21H,2,7-10H2,1H3/t12-/m0/s1. The Bertz CT molecular complexity index is 534. The molecule has 0 spiro atoms. The Balaban J connectivity index is 1.96. The minimum atomic E-state index is -4.38. The molecule has 23 heavy (non-hydrogen) atoms. The van der Waals surface area contributed by atoms with E-state index in [1.807, 2.05) is 6.92 Å². The van der Waals surface area contributed by atoms with Crippen LogP contribution in [0, 0.1) is 0 Å². The van der Waals surface area contributed by atoms with E-state index in [9.17, 15) is 23.1 Å². The van der Waals surface area contributed by atoms with Gasteiger partial charge in [-0.1, -0.05) is 6.92 Å². The molecule has 1 N–H and O–H groups in total. The first-order valence-corrected chi connectivity index (χ1v) is 7.34. The number of anilines is 1. The average Bonchev–Trinajstić information content (AvgIpc) is 2.86. The molecule has 1 aliphatic rings. The number of urea groups is 1. The van der Waals surface area contributed by atoms with Gasteiger partial charge in [0.2, 0.25) is 0 Å². The lowest BCUT2D eigenvalue weighted by molar-refractivity contribution is -0.153. The van der Waals surface area contributed by atoms with Crippen molar-refractivity contribution in [3.05, 3.63) is 24.3 Å². The van der Waals surface area contributed by atoms with Crippen molar-refractivity contribution in [2.24, 2.45) is 0 Å². The molecule has 1 atom stereocenters. The zero-order valence-electron chi connectivity index (χ0n) is 12.7. The molecule has 1 aromatic carbocycles. The number of alkyl halides is 3. The van der Waals surface area contributed by atoms with Gasteiger partial charge in [0.05, 0.1) is 6.10 Å². The second kappa shape index (κ2) is 7.08. The summed E-state index contributed by atoms with van der Waals surface area (Å²) >= 11 is 0. The number of benzene rings is 1. The Hall–Kier alpha value is -1.96. The molecule has 2 amide bonds. The summed E-state index contributed by atoms with van der Waals surface area (Å²) in [5.41, 5.74) is 0.586. The molecular formula is C15H19F3N2O3. The summed E-state index contributed by atoms with van der Waals surface area (Å²) < 4.78 is 40.9. The van der Waals surface area contributed by atoms with Gasteiger partial charge in [-0.2, -0.15) is 13.2 Å². The summed E-state index contributed by atoms with van der Waals surface area (Å²) in [6.45, 7) is 1.74. The number of halogens is 3. The number of carbonyl (C=O) groups is 1. The summed E-state index contributed by atoms with van der Waals surface area (Å²) in [4.78, 5) is 15.3. The number of hydrogen-bond acceptors (Lipinski definition) is 3. The Morgan fingerprint density at radius 3 is 2.48 bits per heavy atom. The number of hydrogen-bond donors (Lipinski definition) is 1. The summed E-state index contributed by atoms with van der Waals surface area (Å²) in [5, 5.41) is 9.63. The molecule has 5 nitrogen and oxygen atoms in total. The predicted molar refractivity (Wildman–Crippen MR) is 78.6 cm³/mol. The quantitative estimate of drug-likeness (QED) is 0.871. The van der Waals surface area contributed by atoms with E-state index in [4.69, 9.17) is 0 Å². The van der Waals surface area contributed by atoms with Gasteiger partial charge in [-0.25, -0.2) is 4.79 Å². The third-order valence-electron chi connectivity index (χ3n) is 3.55. The molecule has 0 unspecified atom stereocenters. The van der Waals surface area contributed by atoms with Crippen molar-refractivity contribution in [2.45, 2.75) is 25.6 Å². The molecule has 0 saturated carbocycles. The van der Waals surface area contributed by atoms with E-state index in [1.165, 1.54) is 17.0 Å². The third-order valence-corrected chi connectivity index (χ3v) is 3.55. The molecule has 0 aromatic heterocycles. The van der Waals surface area contributed by atoms with Gasteiger partial charge in [0, 0.05) is 25.3 Å². The van der Waals surface area contributed by atoms with E-state index in [2.05, 4.69) is 4.74 Å². The first-order chi connectivity index (χ1) is 10.8. The Kier molecular flexibility index (Phi) is 5.35. The monoisotopic (exact) mass is 332 g/mol. The Morgan fingerprint density at radius 2 is 1.91 bits per heavy atom. The molecule has 8 heteroatoms. The lowest BCUT2D eigenvalue weighted by atomic mass is 10.2. The van der Waals surface area contributed by atoms with Crippen molar-refractivity contribution in [1.29, 1.82) is 0 Å². The summed E-state index contributed by atoms with van der Waals surface area (Å²) in [5.74, 6) is 0.0935. The maximum Gasteiger partial charge on any atom is 0.422 e. The second-order valence-electron chi connectivity index (χ2n) is 5.34. The maximum absolute atomic E-state index is 12.3. The van der Waals surface area contributed by atoms with Gasteiger partial charge in [-0.3, -0.25) is 4.90 Å². The summed E-state index contributed by atoms with van der Waals surface area (Å²) in [6.07, 6.45) is -4.38. The van der Waals surface area contributed by atoms with Crippen LogP contribution < -0.4 is 9.64 Å². The SMILES string of the molecule is CC[C@H](O)CN1CCN(c2ccc(OCC(F)(F)F)cc2)C1=O. The molecule has 1 saturated heterocycles. The number of rotatable bonds is 6. The molecule has 0 aliphatic carbocycles. The van der Waals surface area contributed by atoms with Crippen LogP contribution in [-0.2, 0) is 0 Å². The van der Waals surface area contributed by atoms with E-state index in [0.29, 0.717) is 25.2 Å². The highest BCUT2D eigenvalue weighted by atomic mass is 19.4. The van der Waals surface area contributed by atoms with Crippen molar-refractivity contribution in [3.8, 4) is 5.75 Å². The number of carbonyl (C=O) groups excluding carboxylic acids is 1. The van der Waals surface area contributed by atoms with Crippen LogP contribution in [-0.4, -0.2) is 54.6 Å². The smallest absolute Gasteiger partial charge is 0.422 e. The molecule has 1 fully saturated rings. The predicted octanol–water partition coefficient (Wildman–Crippen LogP) is 2.64. The fraction of sp³-hybridized carbons (Fsp3) is 0.533. The largest absolute Gasteiger partial charge is 0.484 e. The van der Waals surface area contributed by atoms with Crippen molar-refractivity contribution in [2.75, 3.05) is 31.1 Å². The highest BCUT2D eigenvalue weighted by molar-refractivity contribution is 5.94. The third kappa shape index (κ3) is 4.75. The molecule has 0 radical (unpaired) electrons. The van der Waals surface area contributed by atoms with Crippen molar-refractivity contribution < 1.29 is 27.8 Å². The fourth-order valence-corrected chi connectivity index (χ4v) is 2.26. The summed E-state index contributed by atoms with van der Waals surface area (Å²) in [6, 6.07) is 5.67. The van der Waals surface area contributed by atoms with E-state index >= 15 is 0 Å². The number of ether oxygens (including phenoxy) is 1. The minimum absolute atomic E-state index is 0.0935. The lowest BCUT2D eigenvalue weighted by Gasteiger charge is -2.21. The van der Waals surface area contributed by atoms with Crippen molar-refractivity contribution >= 4 is 11.7 Å². The van der Waals surface area contributed by atoms with Crippen molar-refractivity contribution in [1.82, 2.24) is 4.90 Å². The Labute approximate surface area is 132 Å². The van der Waals surface area contributed by atoms with Crippen LogP contribution in [0.15, 0.2) is 24.3 Å². The highest BCUT2D eigenvalue weighted by Crippen LogP contribution is 2.25. The molecule has 1 heterocycles. The van der Waals surface area contributed by atoms with E-state index in [1.54, 1.807) is 17.0 Å². The van der Waals surface area contributed by atoms with Crippen LogP contribution in [0.1, 0.15) is 13.3 Å². The Morgan fingerprint density at radius 1 is 1.26 bits per heavy atom. The lowest BCUT2D eigenvalue weighted by Crippen LogP contribution is -2.36. The normalized spacial score (nSPS) is 16.8. The zero-order chi connectivity index (χ0) is 17.0. The second-order valence-corrected chi connectivity index (χ2v) is 5.34. The molecule has 1 aliphatic heterocycles. The van der Waals surface area contributed by atoms with E-state index in [-0.39, 0.29) is 18.3 Å². The number of β-amino-alcohol motifs (C(OH)–C–C–N with tert-alkyl or cyclic N) is 1. The number of aliphatic hydroxyl groups is 1. The van der Waals surface area contributed by atoms with Crippen molar-refractivity contribution in [3.63, 3.8) is 0 Å². The molecule has 2 rings (SSSR count). The van der Waals surface area contributed by atoms with Crippen LogP contribution in [0.25, 0.3) is 0 Å². The molecule has 1 aromatic rings. The molecule has 128 valence electrons. The minimum Gasteiger partial charge on any atom is -0.484 e. The number of aliphatic hydroxyl groups excluding tert-OH is 1. The first-order valence-electron chi connectivity index (χ1n) is 7.34. The van der Waals surface area contributed by atoms with Gasteiger partial charge in [-0.05, 0) is 30.7 Å². The van der Waals surface area contributed by atoms with Crippen LogP contribution in [0.2, 0.25) is 0 Å². The van der Waals surface area contributed by atoms with Crippen LogP contribution >= 0.6 is 0 Å². The first kappa shape index (κ1) is 17.4. The topological polar surface area (TPSA) is 53.0 Å². The number of amides is 2. The number of nitrogens with zero attached hydrogens (tertiary/aromatic N) is 2. The average molecular weight is 332 g/mol. The van der Waals surface area contributed by atoms with Gasteiger partial charge < -0.3 is 14.7 Å². The fourth-order valence-electron chi connectivity index (χ4n) is 2.26. The summed E-state index contributed by atoms with van der Waals surface area (Å²) in [7, 11) is 0. The van der Waals surface area contributed by atoms with Crippen LogP contribution in [0.3, 0.4) is 0 Å². The molecule has 0 bridgehead atoms. The van der Waals surface area contributed by atoms with Crippen LogP contribution in [0.4, 0.5) is 23.7 Å². The maximum atomic E-state index is 12.3. The highest BCUT2D eigenvalue weighted by Gasteiger charge is 2.31. The van der Waals surface area contributed by atoms with Gasteiger partial charge >= 0.3 is 12.2 Å². The van der Waals surface area contributed by atoms with E-state index < -0.39 is 18.9 Å². The van der Waals surface area contributed by atoms with Gasteiger partial charge in [0.25, 0.3) is 0 Å². The molecular weight excluding hydrogens is 313 g/mol. The van der Waals surface area contributed by atoms with E-state index in [0.717, 1.165) is 0 Å².